The van der Waals surface area contributed by atoms with Gasteiger partial charge in [0.05, 0.1) is 0 Å². The average Bonchev–Trinajstić information content (AvgIpc) is 2.45. The lowest BCUT2D eigenvalue weighted by atomic mass is 9.98. The molecule has 0 N–H and O–H groups in total. The van der Waals surface area contributed by atoms with Crippen LogP contribution in [0.25, 0.3) is 0 Å². The van der Waals surface area contributed by atoms with Crippen LogP contribution in [-0.4, -0.2) is 5.85 Å². The Labute approximate surface area is 81.3 Å². The van der Waals surface area contributed by atoms with Gasteiger partial charge in [0.15, 0.2) is 0 Å². The van der Waals surface area contributed by atoms with Crippen LogP contribution in [0.3, 0.4) is 0 Å². The van der Waals surface area contributed by atoms with E-state index in [2.05, 4.69) is 39.0 Å². The molecule has 0 bridgehead atoms. The predicted molar refractivity (Wildman–Crippen MR) is 58.3 cm³/mol. The van der Waals surface area contributed by atoms with Crippen LogP contribution < -0.4 is 10.0 Å². The molecule has 0 saturated carbocycles. The van der Waals surface area contributed by atoms with Gasteiger partial charge in [-0.3, -0.25) is 0 Å². The van der Waals surface area contributed by atoms with Crippen LogP contribution in [0, 0.1) is 5.41 Å². The van der Waals surface area contributed by atoms with E-state index in [1.165, 1.54) is 5.30 Å². The molecule has 0 fully saturated rings. The first-order valence-corrected chi connectivity index (χ1v) is 5.67. The largest absolute Gasteiger partial charge is 0.485 e. The highest BCUT2D eigenvalue weighted by atomic mass is 31.1. The van der Waals surface area contributed by atoms with Crippen molar-refractivity contribution in [2.75, 3.05) is 0 Å². The van der Waals surface area contributed by atoms with E-state index in [9.17, 15) is 0 Å². The third-order valence-electron chi connectivity index (χ3n) is 2.21. The van der Waals surface area contributed by atoms with Crippen molar-refractivity contribution < 1.29 is 4.74 Å². The molecule has 2 unspecified atom stereocenters. The van der Waals surface area contributed by atoms with E-state index in [1.807, 2.05) is 6.07 Å². The first-order chi connectivity index (χ1) is 6.07. The molecule has 1 nitrogen and oxygen atoms in total. The van der Waals surface area contributed by atoms with Gasteiger partial charge in [-0.2, -0.15) is 0 Å². The van der Waals surface area contributed by atoms with Gasteiger partial charge in [0, 0.05) is 10.7 Å². The number of benzene rings is 1. The first-order valence-electron chi connectivity index (χ1n) is 4.59. The molecule has 2 rings (SSSR count). The van der Waals surface area contributed by atoms with E-state index in [4.69, 9.17) is 4.74 Å². The molecule has 1 aromatic rings. The maximum absolute atomic E-state index is 5.88. The number of fused-ring (bicyclic) bond motifs is 1. The summed E-state index contributed by atoms with van der Waals surface area (Å²) in [6.45, 7) is 6.70. The summed E-state index contributed by atoms with van der Waals surface area (Å²) >= 11 is 0. The second-order valence-corrected chi connectivity index (χ2v) is 5.86. The van der Waals surface area contributed by atoms with Crippen LogP contribution in [0.5, 0.6) is 5.75 Å². The summed E-state index contributed by atoms with van der Waals surface area (Å²) in [6.07, 6.45) is 0. The van der Waals surface area contributed by atoms with Crippen molar-refractivity contribution in [1.82, 2.24) is 0 Å². The Kier molecular flexibility index (Phi) is 2.08. The maximum atomic E-state index is 5.88. The smallest absolute Gasteiger partial charge is 0.127 e. The Balaban J connectivity index is 2.23. The minimum atomic E-state index is 0.247. The van der Waals surface area contributed by atoms with E-state index in [0.29, 0.717) is 5.85 Å². The standard InChI is InChI=1S/C11H15OP/c1-11(2,3)10-12-8-6-4-5-7-9(8)13-10/h4-7,10,13H,1-3H3. The average molecular weight is 194 g/mol. The highest BCUT2D eigenvalue weighted by molar-refractivity contribution is 7.48. The maximum Gasteiger partial charge on any atom is 0.127 e. The van der Waals surface area contributed by atoms with Crippen molar-refractivity contribution in [3.8, 4) is 5.75 Å². The fourth-order valence-corrected chi connectivity index (χ4v) is 2.76. The van der Waals surface area contributed by atoms with Gasteiger partial charge >= 0.3 is 0 Å². The zero-order valence-electron chi connectivity index (χ0n) is 8.29. The molecule has 1 aliphatic rings. The zero-order valence-corrected chi connectivity index (χ0v) is 9.29. The highest BCUT2D eigenvalue weighted by Gasteiger charge is 2.32. The number of ether oxygens (including phenoxy) is 1. The van der Waals surface area contributed by atoms with Crippen molar-refractivity contribution >= 4 is 13.9 Å². The van der Waals surface area contributed by atoms with Gasteiger partial charge in [-0.25, -0.2) is 0 Å². The molecular weight excluding hydrogens is 179 g/mol. The van der Waals surface area contributed by atoms with E-state index in [1.54, 1.807) is 0 Å². The molecule has 2 atom stereocenters. The topological polar surface area (TPSA) is 9.23 Å². The second-order valence-electron chi connectivity index (χ2n) is 4.50. The third-order valence-corrected chi connectivity index (χ3v) is 4.18. The molecule has 0 amide bonds. The molecule has 0 spiro atoms. The Morgan fingerprint density at radius 3 is 2.54 bits per heavy atom. The molecule has 13 heavy (non-hydrogen) atoms. The lowest BCUT2D eigenvalue weighted by molar-refractivity contribution is 0.170. The molecule has 0 aromatic heterocycles. The Hall–Kier alpha value is -0.550. The molecule has 0 saturated heterocycles. The van der Waals surface area contributed by atoms with Gasteiger partial charge in [0.25, 0.3) is 0 Å². The third kappa shape index (κ3) is 1.71. The van der Waals surface area contributed by atoms with E-state index in [-0.39, 0.29) is 5.41 Å². The van der Waals surface area contributed by atoms with Crippen molar-refractivity contribution in [2.24, 2.45) is 5.41 Å². The SMILES string of the molecule is CC(C)(C)C1Oc2ccccc2P1. The van der Waals surface area contributed by atoms with Gasteiger partial charge in [0.2, 0.25) is 0 Å². The van der Waals surface area contributed by atoms with Gasteiger partial charge in [-0.05, 0) is 14.6 Å². The molecule has 2 heteroatoms. The van der Waals surface area contributed by atoms with Gasteiger partial charge in [-0.1, -0.05) is 39.0 Å². The van der Waals surface area contributed by atoms with Crippen LogP contribution in [0.1, 0.15) is 20.8 Å². The minimum Gasteiger partial charge on any atom is -0.485 e. The van der Waals surface area contributed by atoms with Crippen molar-refractivity contribution in [3.63, 3.8) is 0 Å². The molecule has 0 aliphatic carbocycles. The number of rotatable bonds is 0. The molecular formula is C11H15OP. The second kappa shape index (κ2) is 2.99. The molecule has 1 aliphatic heterocycles. The zero-order chi connectivity index (χ0) is 9.47. The van der Waals surface area contributed by atoms with Crippen LogP contribution in [0.15, 0.2) is 24.3 Å². The van der Waals surface area contributed by atoms with Crippen LogP contribution >= 0.6 is 8.58 Å². The van der Waals surface area contributed by atoms with Crippen LogP contribution in [0.4, 0.5) is 0 Å². The monoisotopic (exact) mass is 194 g/mol. The summed E-state index contributed by atoms with van der Waals surface area (Å²) in [4.78, 5) is 0. The summed E-state index contributed by atoms with van der Waals surface area (Å²) in [7, 11) is 0.800. The molecule has 1 heterocycles. The van der Waals surface area contributed by atoms with Crippen molar-refractivity contribution in [2.45, 2.75) is 26.6 Å². The summed E-state index contributed by atoms with van der Waals surface area (Å²) in [5.74, 6) is 1.45. The number of hydrogen-bond acceptors (Lipinski definition) is 1. The molecule has 70 valence electrons. The summed E-state index contributed by atoms with van der Waals surface area (Å²) < 4.78 is 5.88. The fraction of sp³-hybridized carbons (Fsp3) is 0.455. The summed E-state index contributed by atoms with van der Waals surface area (Å²) in [6, 6.07) is 8.35. The molecule has 0 radical (unpaired) electrons. The van der Waals surface area contributed by atoms with E-state index < -0.39 is 0 Å². The number of hydrogen-bond donors (Lipinski definition) is 0. The Bertz CT molecular complexity index is 289. The van der Waals surface area contributed by atoms with Crippen LogP contribution in [0.2, 0.25) is 0 Å². The lowest BCUT2D eigenvalue weighted by Gasteiger charge is -2.25. The summed E-state index contributed by atoms with van der Waals surface area (Å²) in [5.41, 5.74) is 0.247. The fourth-order valence-electron chi connectivity index (χ4n) is 1.38. The number of para-hydroxylation sites is 1. The van der Waals surface area contributed by atoms with E-state index in [0.717, 1.165) is 14.3 Å². The quantitative estimate of drug-likeness (QED) is 0.577. The Morgan fingerprint density at radius 2 is 1.92 bits per heavy atom. The van der Waals surface area contributed by atoms with Crippen molar-refractivity contribution in [3.05, 3.63) is 24.3 Å². The summed E-state index contributed by atoms with van der Waals surface area (Å²) in [5, 5.41) is 1.38. The van der Waals surface area contributed by atoms with Crippen LogP contribution in [-0.2, 0) is 0 Å². The van der Waals surface area contributed by atoms with Gasteiger partial charge in [-0.15, -0.1) is 0 Å². The first kappa shape index (κ1) is 9.02. The Morgan fingerprint density at radius 1 is 1.23 bits per heavy atom. The lowest BCUT2D eigenvalue weighted by Crippen LogP contribution is -2.25. The van der Waals surface area contributed by atoms with E-state index >= 15 is 0 Å². The minimum absolute atomic E-state index is 0.247. The predicted octanol–water partition coefficient (Wildman–Crippen LogP) is 2.76. The van der Waals surface area contributed by atoms with Gasteiger partial charge < -0.3 is 4.74 Å². The highest BCUT2D eigenvalue weighted by Crippen LogP contribution is 2.42. The molecule has 1 aromatic carbocycles. The normalized spacial score (nSPS) is 22.8. The van der Waals surface area contributed by atoms with Gasteiger partial charge in [0.1, 0.15) is 11.6 Å². The van der Waals surface area contributed by atoms with Crippen molar-refractivity contribution in [1.29, 1.82) is 0 Å².